The fourth-order valence-corrected chi connectivity index (χ4v) is 1.80. The molecule has 0 spiro atoms. The number of nitrogens with zero attached hydrogens (tertiary/aromatic N) is 1. The average Bonchev–Trinajstić information content (AvgIpc) is 2.67. The van der Waals surface area contributed by atoms with Crippen LogP contribution in [0.1, 0.15) is 37.8 Å². The molecule has 2 heterocycles. The van der Waals surface area contributed by atoms with Gasteiger partial charge >= 0.3 is 6.09 Å². The summed E-state index contributed by atoms with van der Waals surface area (Å²) in [4.78, 5) is 11.5. The number of hydrogen-bond donors (Lipinski definition) is 2. The summed E-state index contributed by atoms with van der Waals surface area (Å²) in [5, 5.41) is 9.92. The third-order valence-corrected chi connectivity index (χ3v) is 2.58. The predicted molar refractivity (Wildman–Crippen MR) is 65.0 cm³/mol. The van der Waals surface area contributed by atoms with Crippen LogP contribution in [0, 0.1) is 0 Å². The van der Waals surface area contributed by atoms with Gasteiger partial charge in [-0.1, -0.05) is 5.16 Å². The number of alkyl carbamates (subject to hydrolysis) is 1. The summed E-state index contributed by atoms with van der Waals surface area (Å²) in [5.74, 6) is 0.697. The quantitative estimate of drug-likeness (QED) is 0.832. The molecular formula is C12H19N3O3. The highest BCUT2D eigenvalue weighted by atomic mass is 16.6. The highest BCUT2D eigenvalue weighted by Crippen LogP contribution is 2.17. The first kappa shape index (κ1) is 12.9. The van der Waals surface area contributed by atoms with Gasteiger partial charge in [0.25, 0.3) is 0 Å². The normalized spacial score (nSPS) is 15.1. The summed E-state index contributed by atoms with van der Waals surface area (Å²) in [5.41, 5.74) is 1.54. The van der Waals surface area contributed by atoms with Gasteiger partial charge in [-0.3, -0.25) is 0 Å². The monoisotopic (exact) mass is 253 g/mol. The Balaban J connectivity index is 1.91. The van der Waals surface area contributed by atoms with Crippen molar-refractivity contribution in [2.24, 2.45) is 0 Å². The van der Waals surface area contributed by atoms with Crippen molar-refractivity contribution < 1.29 is 14.1 Å². The number of ether oxygens (including phenoxy) is 1. The molecular weight excluding hydrogens is 234 g/mol. The lowest BCUT2D eigenvalue weighted by atomic mass is 10.1. The van der Waals surface area contributed by atoms with E-state index in [9.17, 15) is 4.79 Å². The second kappa shape index (κ2) is 4.97. The lowest BCUT2D eigenvalue weighted by Crippen LogP contribution is -2.32. The lowest BCUT2D eigenvalue weighted by molar-refractivity contribution is 0.0518. The molecule has 1 amide bonds. The Morgan fingerprint density at radius 2 is 2.33 bits per heavy atom. The minimum atomic E-state index is -0.494. The Morgan fingerprint density at radius 1 is 1.56 bits per heavy atom. The van der Waals surface area contributed by atoms with Crippen molar-refractivity contribution >= 4 is 6.09 Å². The van der Waals surface area contributed by atoms with Crippen molar-refractivity contribution in [3.63, 3.8) is 0 Å². The molecule has 0 aromatic carbocycles. The van der Waals surface area contributed by atoms with Gasteiger partial charge in [0, 0.05) is 25.1 Å². The maximum absolute atomic E-state index is 11.5. The van der Waals surface area contributed by atoms with Crippen molar-refractivity contribution in [1.82, 2.24) is 15.8 Å². The Morgan fingerprint density at radius 3 is 3.06 bits per heavy atom. The molecule has 6 heteroatoms. The van der Waals surface area contributed by atoms with Gasteiger partial charge in [0.15, 0.2) is 5.76 Å². The Hall–Kier alpha value is -1.56. The van der Waals surface area contributed by atoms with Crippen molar-refractivity contribution in [1.29, 1.82) is 0 Å². The zero-order valence-electron chi connectivity index (χ0n) is 11.0. The number of carbonyl (C=O) groups is 1. The van der Waals surface area contributed by atoms with E-state index in [0.29, 0.717) is 12.3 Å². The van der Waals surface area contributed by atoms with E-state index in [0.717, 1.165) is 30.8 Å². The largest absolute Gasteiger partial charge is 0.444 e. The topological polar surface area (TPSA) is 76.4 Å². The molecule has 0 unspecified atom stereocenters. The first-order valence-electron chi connectivity index (χ1n) is 6.09. The minimum absolute atomic E-state index is 0.304. The number of amides is 1. The number of fused-ring (bicyclic) bond motifs is 1. The third-order valence-electron chi connectivity index (χ3n) is 2.58. The number of aromatic nitrogens is 1. The average molecular weight is 253 g/mol. The van der Waals surface area contributed by atoms with E-state index in [-0.39, 0.29) is 0 Å². The number of rotatable bonds is 2. The van der Waals surface area contributed by atoms with Crippen LogP contribution in [0.5, 0.6) is 0 Å². The van der Waals surface area contributed by atoms with Gasteiger partial charge in [0.1, 0.15) is 5.60 Å². The van der Waals surface area contributed by atoms with Crippen LogP contribution in [-0.2, 0) is 24.2 Å². The zero-order chi connectivity index (χ0) is 13.2. The fourth-order valence-electron chi connectivity index (χ4n) is 1.80. The summed E-state index contributed by atoms with van der Waals surface area (Å²) in [7, 11) is 0. The molecule has 0 fully saturated rings. The summed E-state index contributed by atoms with van der Waals surface area (Å²) in [6.45, 7) is 7.44. The zero-order valence-corrected chi connectivity index (χ0v) is 11.0. The molecule has 100 valence electrons. The van der Waals surface area contributed by atoms with E-state index in [1.807, 2.05) is 20.8 Å². The van der Waals surface area contributed by atoms with Crippen LogP contribution in [0.25, 0.3) is 0 Å². The maximum atomic E-state index is 11.5. The third kappa shape index (κ3) is 3.22. The van der Waals surface area contributed by atoms with Gasteiger partial charge in [0.2, 0.25) is 0 Å². The van der Waals surface area contributed by atoms with Gasteiger partial charge in [0.05, 0.1) is 12.2 Å². The molecule has 1 aliphatic rings. The van der Waals surface area contributed by atoms with E-state index >= 15 is 0 Å². The maximum Gasteiger partial charge on any atom is 0.408 e. The van der Waals surface area contributed by atoms with Crippen LogP contribution >= 0.6 is 0 Å². The molecule has 0 aliphatic carbocycles. The van der Waals surface area contributed by atoms with Crippen LogP contribution in [0.2, 0.25) is 0 Å². The van der Waals surface area contributed by atoms with Crippen LogP contribution in [0.3, 0.4) is 0 Å². The van der Waals surface area contributed by atoms with E-state index < -0.39 is 11.7 Å². The smallest absolute Gasteiger partial charge is 0.408 e. The van der Waals surface area contributed by atoms with Gasteiger partial charge in [-0.05, 0) is 20.8 Å². The molecule has 1 aromatic rings. The SMILES string of the molecule is CC(C)(C)OC(=O)NCc1onc2c1CNCC2. The highest BCUT2D eigenvalue weighted by Gasteiger charge is 2.20. The molecule has 2 rings (SSSR count). The molecule has 1 aliphatic heterocycles. The summed E-state index contributed by atoms with van der Waals surface area (Å²) in [6.07, 6.45) is 0.419. The second-order valence-electron chi connectivity index (χ2n) is 5.31. The van der Waals surface area contributed by atoms with Crippen molar-refractivity contribution in [3.05, 3.63) is 17.0 Å². The lowest BCUT2D eigenvalue weighted by Gasteiger charge is -2.19. The molecule has 0 atom stereocenters. The first-order valence-corrected chi connectivity index (χ1v) is 6.09. The number of carbonyl (C=O) groups excluding carboxylic acids is 1. The summed E-state index contributed by atoms with van der Waals surface area (Å²) < 4.78 is 10.4. The molecule has 0 radical (unpaired) electrons. The molecule has 2 N–H and O–H groups in total. The second-order valence-corrected chi connectivity index (χ2v) is 5.31. The summed E-state index contributed by atoms with van der Waals surface area (Å²) >= 11 is 0. The van der Waals surface area contributed by atoms with E-state index in [4.69, 9.17) is 9.26 Å². The molecule has 0 bridgehead atoms. The van der Waals surface area contributed by atoms with Crippen molar-refractivity contribution in [2.45, 2.75) is 45.9 Å². The van der Waals surface area contributed by atoms with Crippen LogP contribution in [0.4, 0.5) is 4.79 Å². The standard InChI is InChI=1S/C12H19N3O3/c1-12(2,3)17-11(16)14-7-10-8-6-13-5-4-9(8)15-18-10/h13H,4-7H2,1-3H3,(H,14,16). The van der Waals surface area contributed by atoms with Gasteiger partial charge in [-0.25, -0.2) is 4.79 Å². The van der Waals surface area contributed by atoms with Crippen LogP contribution in [0.15, 0.2) is 4.52 Å². The number of nitrogens with one attached hydrogen (secondary N) is 2. The summed E-state index contributed by atoms with van der Waals surface area (Å²) in [6, 6.07) is 0. The van der Waals surface area contributed by atoms with Gasteiger partial charge < -0.3 is 19.9 Å². The fraction of sp³-hybridized carbons (Fsp3) is 0.667. The van der Waals surface area contributed by atoms with Crippen LogP contribution < -0.4 is 10.6 Å². The number of hydrogen-bond acceptors (Lipinski definition) is 5. The molecule has 0 saturated heterocycles. The van der Waals surface area contributed by atoms with Gasteiger partial charge in [-0.2, -0.15) is 0 Å². The molecule has 0 saturated carbocycles. The van der Waals surface area contributed by atoms with E-state index in [1.165, 1.54) is 0 Å². The molecule has 18 heavy (non-hydrogen) atoms. The van der Waals surface area contributed by atoms with E-state index in [1.54, 1.807) is 0 Å². The van der Waals surface area contributed by atoms with Gasteiger partial charge in [-0.15, -0.1) is 0 Å². The Bertz CT molecular complexity index is 434. The van der Waals surface area contributed by atoms with Crippen molar-refractivity contribution in [3.8, 4) is 0 Å². The Labute approximate surface area is 106 Å². The van der Waals surface area contributed by atoms with E-state index in [2.05, 4.69) is 15.8 Å². The predicted octanol–water partition coefficient (Wildman–Crippen LogP) is 1.34. The van der Waals surface area contributed by atoms with Crippen molar-refractivity contribution in [2.75, 3.05) is 6.54 Å². The molecule has 1 aromatic heterocycles. The van der Waals surface area contributed by atoms with Crippen LogP contribution in [-0.4, -0.2) is 23.4 Å². The first-order chi connectivity index (χ1) is 8.46. The minimum Gasteiger partial charge on any atom is -0.444 e. The molecule has 6 nitrogen and oxygen atoms in total. The highest BCUT2D eigenvalue weighted by molar-refractivity contribution is 5.67. The Kier molecular flexibility index (Phi) is 3.56.